The third kappa shape index (κ3) is 53.6. The van der Waals surface area contributed by atoms with Gasteiger partial charge in [0.25, 0.3) is 0 Å². The highest BCUT2D eigenvalue weighted by atomic mass is 16.6. The van der Waals surface area contributed by atoms with E-state index in [1.165, 1.54) is 231 Å². The molecule has 0 amide bonds. The molecule has 0 fully saturated rings. The molecule has 0 N–H and O–H groups in total. The van der Waals surface area contributed by atoms with Gasteiger partial charge >= 0.3 is 17.9 Å². The van der Waals surface area contributed by atoms with Gasteiger partial charge < -0.3 is 14.2 Å². The Bertz CT molecular complexity index is 1030. The molecule has 6 nitrogen and oxygen atoms in total. The normalized spacial score (nSPS) is 12.4. The van der Waals surface area contributed by atoms with Crippen LogP contribution in [0.4, 0.5) is 0 Å². The fourth-order valence-electron chi connectivity index (χ4n) is 9.37. The van der Waals surface area contributed by atoms with E-state index in [0.717, 1.165) is 69.6 Å². The molecule has 0 bridgehead atoms. The predicted molar refractivity (Wildman–Crippen MR) is 289 cm³/mol. The van der Waals surface area contributed by atoms with Gasteiger partial charge in [0.05, 0.1) is 0 Å². The van der Waals surface area contributed by atoms with E-state index in [9.17, 15) is 14.4 Å². The molecule has 0 aliphatic heterocycles. The molecular weight excluding hydrogens is 829 g/mol. The average Bonchev–Trinajstić information content (AvgIpc) is 3.31. The molecule has 6 heteroatoms. The van der Waals surface area contributed by atoms with Crippen LogP contribution in [0.3, 0.4) is 0 Å². The van der Waals surface area contributed by atoms with Crippen molar-refractivity contribution in [3.63, 3.8) is 0 Å². The average molecular weight is 948 g/mol. The summed E-state index contributed by atoms with van der Waals surface area (Å²) in [5.74, 6) is 0.857. The smallest absolute Gasteiger partial charge is 0.306 e. The molecule has 0 spiro atoms. The third-order valence-electron chi connectivity index (χ3n) is 14.3. The Morgan fingerprint density at radius 1 is 0.313 bits per heavy atom. The summed E-state index contributed by atoms with van der Waals surface area (Å²) in [5, 5.41) is 0. The molecule has 0 aromatic heterocycles. The van der Waals surface area contributed by atoms with E-state index in [1.807, 2.05) is 0 Å². The molecule has 0 aliphatic rings. The lowest BCUT2D eigenvalue weighted by atomic mass is 9.99. The minimum Gasteiger partial charge on any atom is -0.462 e. The van der Waals surface area contributed by atoms with Crippen molar-refractivity contribution < 1.29 is 28.6 Å². The Morgan fingerprint density at radius 2 is 0.567 bits per heavy atom. The summed E-state index contributed by atoms with van der Waals surface area (Å²) >= 11 is 0. The number of carbonyl (C=O) groups excluding carboxylic acids is 3. The van der Waals surface area contributed by atoms with Crippen LogP contribution in [0, 0.1) is 11.8 Å². The van der Waals surface area contributed by atoms with Gasteiger partial charge in [0.2, 0.25) is 0 Å². The van der Waals surface area contributed by atoms with Crippen LogP contribution in [0.2, 0.25) is 0 Å². The van der Waals surface area contributed by atoms with E-state index in [0.29, 0.717) is 19.3 Å². The van der Waals surface area contributed by atoms with Gasteiger partial charge in [-0.1, -0.05) is 304 Å². The zero-order valence-electron chi connectivity index (χ0n) is 46.0. The maximum atomic E-state index is 12.9. The molecular formula is C61H118O6. The van der Waals surface area contributed by atoms with Crippen LogP contribution in [0.25, 0.3) is 0 Å². The molecule has 0 rings (SSSR count). The van der Waals surface area contributed by atoms with Crippen molar-refractivity contribution >= 4 is 17.9 Å². The van der Waals surface area contributed by atoms with Crippen LogP contribution in [-0.4, -0.2) is 37.2 Å². The van der Waals surface area contributed by atoms with E-state index in [-0.39, 0.29) is 31.1 Å². The van der Waals surface area contributed by atoms with E-state index in [1.54, 1.807) is 0 Å². The van der Waals surface area contributed by atoms with Crippen LogP contribution < -0.4 is 0 Å². The van der Waals surface area contributed by atoms with Gasteiger partial charge in [-0.15, -0.1) is 0 Å². The van der Waals surface area contributed by atoms with E-state index in [4.69, 9.17) is 14.2 Å². The molecule has 0 aromatic carbocycles. The highest BCUT2D eigenvalue weighted by Crippen LogP contribution is 2.19. The first-order valence-corrected chi connectivity index (χ1v) is 30.3. The zero-order chi connectivity index (χ0) is 48.9. The fraction of sp³-hybridized carbons (Fsp3) is 0.951. The van der Waals surface area contributed by atoms with Crippen molar-refractivity contribution in [2.75, 3.05) is 13.2 Å². The van der Waals surface area contributed by atoms with E-state index < -0.39 is 6.10 Å². The number of hydrogen-bond donors (Lipinski definition) is 0. The van der Waals surface area contributed by atoms with Gasteiger partial charge in [-0.2, -0.15) is 0 Å². The molecule has 0 aromatic rings. The largest absolute Gasteiger partial charge is 0.462 e. The van der Waals surface area contributed by atoms with Crippen molar-refractivity contribution in [3.05, 3.63) is 0 Å². The number of rotatable bonds is 55. The van der Waals surface area contributed by atoms with Gasteiger partial charge in [-0.3, -0.25) is 14.4 Å². The highest BCUT2D eigenvalue weighted by Gasteiger charge is 2.19. The van der Waals surface area contributed by atoms with Crippen LogP contribution in [0.15, 0.2) is 0 Å². The monoisotopic (exact) mass is 947 g/mol. The molecule has 0 heterocycles. The Morgan fingerprint density at radius 3 is 0.851 bits per heavy atom. The van der Waals surface area contributed by atoms with Crippen molar-refractivity contribution in [2.24, 2.45) is 11.8 Å². The number of carbonyl (C=O) groups is 3. The van der Waals surface area contributed by atoms with Crippen LogP contribution >= 0.6 is 0 Å². The van der Waals surface area contributed by atoms with Gasteiger partial charge in [-0.25, -0.2) is 0 Å². The molecule has 0 radical (unpaired) electrons. The number of esters is 3. The number of ether oxygens (including phenoxy) is 3. The molecule has 0 saturated carbocycles. The third-order valence-corrected chi connectivity index (χ3v) is 14.3. The maximum Gasteiger partial charge on any atom is 0.306 e. The summed E-state index contributed by atoms with van der Waals surface area (Å²) in [5.41, 5.74) is 0. The van der Waals surface area contributed by atoms with E-state index >= 15 is 0 Å². The second kappa shape index (κ2) is 53.8. The molecule has 0 aliphatic carbocycles. The summed E-state index contributed by atoms with van der Waals surface area (Å²) in [6.45, 7) is 11.4. The quantitative estimate of drug-likeness (QED) is 0.0343. The minimum absolute atomic E-state index is 0.0627. The SMILES string of the molecule is CCCCCCCCCCCCCCCCCCCCCC(=O)OC[C@H](COC(=O)CCCCCCCCCCC(C)CC)OC(=O)CCCCCCCCCCCCCCCCCC(C)C. The molecule has 1 unspecified atom stereocenters. The zero-order valence-corrected chi connectivity index (χ0v) is 46.0. The molecule has 0 saturated heterocycles. The van der Waals surface area contributed by atoms with Crippen molar-refractivity contribution in [1.82, 2.24) is 0 Å². The van der Waals surface area contributed by atoms with Gasteiger partial charge in [0, 0.05) is 19.3 Å². The maximum absolute atomic E-state index is 12.9. The lowest BCUT2D eigenvalue weighted by Crippen LogP contribution is -2.30. The minimum atomic E-state index is -0.763. The number of unbranched alkanes of at least 4 members (excludes halogenated alkanes) is 39. The Labute approximate surface area is 418 Å². The summed E-state index contributed by atoms with van der Waals surface area (Å²) in [7, 11) is 0. The standard InChI is InChI=1S/C61H118O6/c1-6-8-9-10-11-12-13-14-15-16-17-18-21-24-27-30-36-41-46-51-59(62)65-54-58(55-66-60(63)52-47-42-37-33-32-35-40-45-50-57(5)7-2)67-61(64)53-48-43-38-31-28-25-22-19-20-23-26-29-34-39-44-49-56(3)4/h56-58H,6-55H2,1-5H3/t57?,58-/m1/s1. The second-order valence-corrected chi connectivity index (χ2v) is 21.7. The van der Waals surface area contributed by atoms with Crippen LogP contribution in [0.5, 0.6) is 0 Å². The first-order valence-electron chi connectivity index (χ1n) is 30.3. The number of hydrogen-bond acceptors (Lipinski definition) is 6. The van der Waals surface area contributed by atoms with Crippen LogP contribution in [0.1, 0.15) is 343 Å². The van der Waals surface area contributed by atoms with Gasteiger partial charge in [0.15, 0.2) is 6.10 Å². The lowest BCUT2D eigenvalue weighted by Gasteiger charge is -2.18. The Kier molecular flexibility index (Phi) is 52.5. The molecule has 398 valence electrons. The highest BCUT2D eigenvalue weighted by molar-refractivity contribution is 5.71. The molecule has 2 atom stereocenters. The van der Waals surface area contributed by atoms with E-state index in [2.05, 4.69) is 34.6 Å². The predicted octanol–water partition coefficient (Wildman–Crippen LogP) is 20.0. The van der Waals surface area contributed by atoms with Crippen molar-refractivity contribution in [3.8, 4) is 0 Å². The summed E-state index contributed by atoms with van der Waals surface area (Å²) < 4.78 is 16.9. The summed E-state index contributed by atoms with van der Waals surface area (Å²) in [4.78, 5) is 38.2. The van der Waals surface area contributed by atoms with Crippen LogP contribution in [-0.2, 0) is 28.6 Å². The van der Waals surface area contributed by atoms with Crippen molar-refractivity contribution in [2.45, 2.75) is 349 Å². The fourth-order valence-corrected chi connectivity index (χ4v) is 9.37. The van der Waals surface area contributed by atoms with Gasteiger partial charge in [0.1, 0.15) is 13.2 Å². The Balaban J connectivity index is 4.26. The Hall–Kier alpha value is -1.59. The molecule has 67 heavy (non-hydrogen) atoms. The topological polar surface area (TPSA) is 78.9 Å². The second-order valence-electron chi connectivity index (χ2n) is 21.7. The van der Waals surface area contributed by atoms with Gasteiger partial charge in [-0.05, 0) is 31.1 Å². The first-order chi connectivity index (χ1) is 32.8. The summed E-state index contributed by atoms with van der Waals surface area (Å²) in [6, 6.07) is 0. The summed E-state index contributed by atoms with van der Waals surface area (Å²) in [6.07, 6.45) is 58.1. The van der Waals surface area contributed by atoms with Crippen molar-refractivity contribution in [1.29, 1.82) is 0 Å². The first kappa shape index (κ1) is 65.4. The lowest BCUT2D eigenvalue weighted by molar-refractivity contribution is -0.167.